The minimum Gasteiger partial charge on any atom is -0.369 e. The van der Waals surface area contributed by atoms with E-state index in [1.54, 1.807) is 12.1 Å². The van der Waals surface area contributed by atoms with Gasteiger partial charge in [0.1, 0.15) is 5.82 Å². The smallest absolute Gasteiger partial charge is 0.228 e. The lowest BCUT2D eigenvalue weighted by Gasteiger charge is -2.30. The van der Waals surface area contributed by atoms with Crippen molar-refractivity contribution in [1.29, 1.82) is 0 Å². The molecular weight excluding hydrogens is 413 g/mol. The van der Waals surface area contributed by atoms with Crippen LogP contribution < -0.4 is 5.73 Å². The Bertz CT molecular complexity index is 688. The van der Waals surface area contributed by atoms with Gasteiger partial charge in [0.25, 0.3) is 0 Å². The standard InChI is InChI=1S/C17H16Br2FNO/c1-2-17(16(21)22,12-3-5-13(18)6-4-12)10-11-9-14(19)7-8-15(11)20/h3-9H,2,10H2,1H3,(H2,21,22). The van der Waals surface area contributed by atoms with Gasteiger partial charge in [0.05, 0.1) is 5.41 Å². The average molecular weight is 429 g/mol. The van der Waals surface area contributed by atoms with Gasteiger partial charge in [-0.3, -0.25) is 4.79 Å². The summed E-state index contributed by atoms with van der Waals surface area (Å²) in [6, 6.07) is 12.2. The molecule has 5 heteroatoms. The summed E-state index contributed by atoms with van der Waals surface area (Å²) in [5.74, 6) is -0.781. The molecular formula is C17H16Br2FNO. The Morgan fingerprint density at radius 1 is 1.14 bits per heavy atom. The third kappa shape index (κ3) is 3.41. The normalized spacial score (nSPS) is 13.6. The van der Waals surface area contributed by atoms with Crippen LogP contribution in [0.3, 0.4) is 0 Å². The molecule has 0 spiro atoms. The van der Waals surface area contributed by atoms with Gasteiger partial charge in [-0.1, -0.05) is 50.9 Å². The van der Waals surface area contributed by atoms with Crippen LogP contribution in [0, 0.1) is 5.82 Å². The van der Waals surface area contributed by atoms with E-state index >= 15 is 0 Å². The van der Waals surface area contributed by atoms with Crippen molar-refractivity contribution in [3.8, 4) is 0 Å². The van der Waals surface area contributed by atoms with Gasteiger partial charge < -0.3 is 5.73 Å². The van der Waals surface area contributed by atoms with Crippen molar-refractivity contribution in [2.45, 2.75) is 25.2 Å². The summed E-state index contributed by atoms with van der Waals surface area (Å²) in [5.41, 5.74) is 6.04. The van der Waals surface area contributed by atoms with E-state index in [4.69, 9.17) is 5.73 Å². The van der Waals surface area contributed by atoms with Crippen molar-refractivity contribution in [2.75, 3.05) is 0 Å². The van der Waals surface area contributed by atoms with Gasteiger partial charge in [-0.15, -0.1) is 0 Å². The number of amides is 1. The number of hydrogen-bond donors (Lipinski definition) is 1. The van der Waals surface area contributed by atoms with Gasteiger partial charge in [0.15, 0.2) is 0 Å². The van der Waals surface area contributed by atoms with Crippen LogP contribution in [0.25, 0.3) is 0 Å². The molecule has 22 heavy (non-hydrogen) atoms. The molecule has 0 bridgehead atoms. The molecule has 0 aliphatic carbocycles. The number of nitrogens with two attached hydrogens (primary N) is 1. The predicted octanol–water partition coefficient (Wildman–Crippen LogP) is 4.73. The third-order valence-corrected chi connectivity index (χ3v) is 4.99. The number of hydrogen-bond acceptors (Lipinski definition) is 1. The van der Waals surface area contributed by atoms with Crippen LogP contribution in [0.4, 0.5) is 4.39 Å². The Kier molecular flexibility index (Phi) is 5.40. The zero-order chi connectivity index (χ0) is 16.3. The zero-order valence-corrected chi connectivity index (χ0v) is 15.2. The minimum atomic E-state index is -0.928. The molecule has 0 saturated heterocycles. The van der Waals surface area contributed by atoms with E-state index in [1.165, 1.54) is 6.07 Å². The first-order valence-electron chi connectivity index (χ1n) is 6.89. The zero-order valence-electron chi connectivity index (χ0n) is 12.1. The van der Waals surface area contributed by atoms with Crippen LogP contribution in [-0.4, -0.2) is 5.91 Å². The third-order valence-electron chi connectivity index (χ3n) is 3.97. The second-order valence-electron chi connectivity index (χ2n) is 5.22. The maximum Gasteiger partial charge on any atom is 0.228 e. The van der Waals surface area contributed by atoms with E-state index in [2.05, 4.69) is 31.9 Å². The van der Waals surface area contributed by atoms with Gasteiger partial charge in [0.2, 0.25) is 5.91 Å². The first-order valence-corrected chi connectivity index (χ1v) is 8.47. The molecule has 0 radical (unpaired) electrons. The highest BCUT2D eigenvalue weighted by Gasteiger charge is 2.37. The number of primary amides is 1. The van der Waals surface area contributed by atoms with Crippen molar-refractivity contribution in [1.82, 2.24) is 0 Å². The number of rotatable bonds is 5. The fraction of sp³-hybridized carbons (Fsp3) is 0.235. The maximum atomic E-state index is 14.1. The SMILES string of the molecule is CCC(Cc1cc(Br)ccc1F)(C(N)=O)c1ccc(Br)cc1. The van der Waals surface area contributed by atoms with Crippen molar-refractivity contribution >= 4 is 37.8 Å². The van der Waals surface area contributed by atoms with Gasteiger partial charge in [0, 0.05) is 8.95 Å². The van der Waals surface area contributed by atoms with Crippen LogP contribution in [0.15, 0.2) is 51.4 Å². The molecule has 2 nitrogen and oxygen atoms in total. The molecule has 2 aromatic rings. The lowest BCUT2D eigenvalue weighted by atomic mass is 9.73. The van der Waals surface area contributed by atoms with E-state index in [-0.39, 0.29) is 12.2 Å². The van der Waals surface area contributed by atoms with E-state index in [0.29, 0.717) is 12.0 Å². The van der Waals surface area contributed by atoms with Gasteiger partial charge in [-0.05, 0) is 54.3 Å². The molecule has 0 aliphatic rings. The van der Waals surface area contributed by atoms with Crippen LogP contribution in [0.2, 0.25) is 0 Å². The molecule has 0 saturated carbocycles. The number of benzene rings is 2. The lowest BCUT2D eigenvalue weighted by Crippen LogP contribution is -2.43. The van der Waals surface area contributed by atoms with Crippen molar-refractivity contribution in [2.24, 2.45) is 5.73 Å². The highest BCUT2D eigenvalue weighted by Crippen LogP contribution is 2.34. The molecule has 0 fully saturated rings. The first-order chi connectivity index (χ1) is 10.4. The monoisotopic (exact) mass is 427 g/mol. The second-order valence-corrected chi connectivity index (χ2v) is 7.05. The number of halogens is 3. The second kappa shape index (κ2) is 6.92. The van der Waals surface area contributed by atoms with E-state index in [0.717, 1.165) is 14.5 Å². The summed E-state index contributed by atoms with van der Waals surface area (Å²) in [7, 11) is 0. The van der Waals surface area contributed by atoms with Crippen LogP contribution >= 0.6 is 31.9 Å². The van der Waals surface area contributed by atoms with Gasteiger partial charge in [-0.25, -0.2) is 4.39 Å². The van der Waals surface area contributed by atoms with Crippen LogP contribution in [0.5, 0.6) is 0 Å². The molecule has 2 aromatic carbocycles. The average Bonchev–Trinajstić information content (AvgIpc) is 2.49. The predicted molar refractivity (Wildman–Crippen MR) is 93.1 cm³/mol. The number of carbonyl (C=O) groups is 1. The largest absolute Gasteiger partial charge is 0.369 e. The quantitative estimate of drug-likeness (QED) is 0.735. The van der Waals surface area contributed by atoms with Crippen LogP contribution in [0.1, 0.15) is 24.5 Å². The topological polar surface area (TPSA) is 43.1 Å². The Morgan fingerprint density at radius 2 is 1.73 bits per heavy atom. The van der Waals surface area contributed by atoms with Crippen molar-refractivity contribution in [3.05, 3.63) is 68.4 Å². The molecule has 2 rings (SSSR count). The van der Waals surface area contributed by atoms with Gasteiger partial charge in [-0.2, -0.15) is 0 Å². The fourth-order valence-corrected chi connectivity index (χ4v) is 3.28. The molecule has 116 valence electrons. The molecule has 2 N–H and O–H groups in total. The summed E-state index contributed by atoms with van der Waals surface area (Å²) >= 11 is 6.72. The van der Waals surface area contributed by atoms with Crippen molar-refractivity contribution < 1.29 is 9.18 Å². The Balaban J connectivity index is 2.52. The highest BCUT2D eigenvalue weighted by molar-refractivity contribution is 9.10. The lowest BCUT2D eigenvalue weighted by molar-refractivity contribution is -0.123. The molecule has 0 aromatic heterocycles. The van der Waals surface area contributed by atoms with Gasteiger partial charge >= 0.3 is 0 Å². The summed E-state index contributed by atoms with van der Waals surface area (Å²) in [6.07, 6.45) is 0.724. The summed E-state index contributed by atoms with van der Waals surface area (Å²) in [6.45, 7) is 1.89. The molecule has 1 atom stereocenters. The first kappa shape index (κ1) is 17.2. The molecule has 0 aliphatic heterocycles. The van der Waals surface area contributed by atoms with E-state index in [9.17, 15) is 9.18 Å². The number of carbonyl (C=O) groups excluding carboxylic acids is 1. The molecule has 1 amide bonds. The Labute approximate surface area is 146 Å². The summed E-state index contributed by atoms with van der Waals surface area (Å²) in [5, 5.41) is 0. The Morgan fingerprint density at radius 3 is 2.27 bits per heavy atom. The van der Waals surface area contributed by atoms with Crippen LogP contribution in [-0.2, 0) is 16.6 Å². The summed E-state index contributed by atoms with van der Waals surface area (Å²) < 4.78 is 15.8. The van der Waals surface area contributed by atoms with E-state index in [1.807, 2.05) is 31.2 Å². The van der Waals surface area contributed by atoms with Crippen molar-refractivity contribution in [3.63, 3.8) is 0 Å². The minimum absolute atomic E-state index is 0.228. The highest BCUT2D eigenvalue weighted by atomic mass is 79.9. The molecule has 1 unspecified atom stereocenters. The molecule has 0 heterocycles. The van der Waals surface area contributed by atoms with E-state index < -0.39 is 11.3 Å². The summed E-state index contributed by atoms with van der Waals surface area (Å²) in [4.78, 5) is 12.2. The fourth-order valence-electron chi connectivity index (χ4n) is 2.61. The Hall–Kier alpha value is -1.20. The maximum absolute atomic E-state index is 14.1.